The third-order valence-corrected chi connectivity index (χ3v) is 4.00. The highest BCUT2D eigenvalue weighted by atomic mass is 16.6. The number of carbonyl (C=O) groups excluding carboxylic acids is 2. The van der Waals surface area contributed by atoms with Gasteiger partial charge in [0.1, 0.15) is 11.3 Å². The summed E-state index contributed by atoms with van der Waals surface area (Å²) in [5, 5.41) is 3.43. The van der Waals surface area contributed by atoms with Gasteiger partial charge >= 0.3 is 11.6 Å². The number of anilines is 1. The number of ether oxygens (including phenoxy) is 2. The zero-order valence-electron chi connectivity index (χ0n) is 15.4. The van der Waals surface area contributed by atoms with E-state index in [0.717, 1.165) is 10.9 Å². The van der Waals surface area contributed by atoms with Crippen LogP contribution in [0.2, 0.25) is 0 Å². The smallest absolute Gasteiger partial charge is 0.344 e. The van der Waals surface area contributed by atoms with E-state index in [0.29, 0.717) is 17.0 Å². The summed E-state index contributed by atoms with van der Waals surface area (Å²) in [4.78, 5) is 35.5. The lowest BCUT2D eigenvalue weighted by Crippen LogP contribution is -2.31. The fourth-order valence-corrected chi connectivity index (χ4v) is 2.59. The lowest BCUT2D eigenvalue weighted by atomic mass is 10.1. The van der Waals surface area contributed by atoms with Gasteiger partial charge in [0, 0.05) is 23.2 Å². The first-order valence-corrected chi connectivity index (χ1v) is 8.65. The Kier molecular flexibility index (Phi) is 5.74. The normalized spacial score (nSPS) is 11.6. The van der Waals surface area contributed by atoms with Crippen molar-refractivity contribution in [2.75, 3.05) is 11.9 Å². The van der Waals surface area contributed by atoms with Crippen molar-refractivity contribution in [2.24, 2.45) is 0 Å². The average molecular weight is 381 g/mol. The second-order valence-corrected chi connectivity index (χ2v) is 6.18. The maximum Gasteiger partial charge on any atom is 0.344 e. The third-order valence-electron chi connectivity index (χ3n) is 4.00. The van der Waals surface area contributed by atoms with Gasteiger partial charge in [-0.15, -0.1) is 0 Å². The number of aryl methyl sites for hydroxylation is 1. The van der Waals surface area contributed by atoms with Gasteiger partial charge < -0.3 is 19.2 Å². The molecule has 1 heterocycles. The van der Waals surface area contributed by atoms with Gasteiger partial charge in [-0.25, -0.2) is 9.59 Å². The van der Waals surface area contributed by atoms with Crippen molar-refractivity contribution in [1.82, 2.24) is 0 Å². The molecule has 7 nitrogen and oxygen atoms in total. The highest BCUT2D eigenvalue weighted by Gasteiger charge is 2.18. The molecule has 7 heteroatoms. The summed E-state index contributed by atoms with van der Waals surface area (Å²) in [6.07, 6.45) is -0.978. The number of benzene rings is 2. The highest BCUT2D eigenvalue weighted by Crippen LogP contribution is 2.22. The molecule has 1 amide bonds. The Bertz CT molecular complexity index is 1060. The predicted molar refractivity (Wildman–Crippen MR) is 103 cm³/mol. The first-order valence-electron chi connectivity index (χ1n) is 8.65. The number of carbonyl (C=O) groups is 2. The van der Waals surface area contributed by atoms with E-state index in [4.69, 9.17) is 13.9 Å². The van der Waals surface area contributed by atoms with Gasteiger partial charge in [0.2, 0.25) is 0 Å². The van der Waals surface area contributed by atoms with Crippen LogP contribution in [0.25, 0.3) is 11.0 Å². The minimum atomic E-state index is -0.978. The van der Waals surface area contributed by atoms with Crippen LogP contribution in [0.4, 0.5) is 5.69 Å². The Morgan fingerprint density at radius 1 is 1.11 bits per heavy atom. The largest absolute Gasteiger partial charge is 0.482 e. The second-order valence-electron chi connectivity index (χ2n) is 6.18. The maximum atomic E-state index is 12.1. The molecule has 0 saturated carbocycles. The van der Waals surface area contributed by atoms with Gasteiger partial charge in [-0.05, 0) is 43.7 Å². The van der Waals surface area contributed by atoms with Gasteiger partial charge in [-0.1, -0.05) is 18.2 Å². The molecule has 0 bridgehead atoms. The van der Waals surface area contributed by atoms with E-state index >= 15 is 0 Å². The van der Waals surface area contributed by atoms with Crippen LogP contribution in [0.15, 0.2) is 63.8 Å². The lowest BCUT2D eigenvalue weighted by molar-refractivity contribution is -0.155. The van der Waals surface area contributed by atoms with Gasteiger partial charge in [-0.3, -0.25) is 4.79 Å². The topological polar surface area (TPSA) is 94.8 Å². The molecule has 3 rings (SSSR count). The molecule has 1 atom stereocenters. The molecule has 0 aliphatic rings. The third kappa shape index (κ3) is 4.76. The van der Waals surface area contributed by atoms with Crippen molar-refractivity contribution >= 4 is 28.5 Å². The van der Waals surface area contributed by atoms with Crippen LogP contribution in [0, 0.1) is 6.92 Å². The number of amides is 1. The molecule has 0 saturated heterocycles. The molecule has 28 heavy (non-hydrogen) atoms. The van der Waals surface area contributed by atoms with Crippen molar-refractivity contribution in [3.8, 4) is 5.75 Å². The number of nitrogens with one attached hydrogen (secondary N) is 1. The monoisotopic (exact) mass is 381 g/mol. The van der Waals surface area contributed by atoms with Crippen LogP contribution < -0.4 is 15.7 Å². The molecular weight excluding hydrogens is 362 g/mol. The molecule has 3 aromatic rings. The molecule has 0 unspecified atom stereocenters. The summed E-state index contributed by atoms with van der Waals surface area (Å²) in [6, 6.07) is 15.2. The number of hydrogen-bond donors (Lipinski definition) is 1. The number of para-hydroxylation sites is 1. The van der Waals surface area contributed by atoms with Crippen LogP contribution in [0.1, 0.15) is 12.5 Å². The number of hydrogen-bond acceptors (Lipinski definition) is 6. The Balaban J connectivity index is 1.55. The quantitative estimate of drug-likeness (QED) is 0.521. The molecular formula is C21H19NO6. The number of rotatable bonds is 6. The zero-order valence-corrected chi connectivity index (χ0v) is 15.4. The van der Waals surface area contributed by atoms with E-state index in [9.17, 15) is 14.4 Å². The van der Waals surface area contributed by atoms with E-state index in [1.807, 2.05) is 6.07 Å². The molecule has 0 aliphatic carbocycles. The van der Waals surface area contributed by atoms with Crippen LogP contribution >= 0.6 is 0 Å². The Labute approximate surface area is 160 Å². The summed E-state index contributed by atoms with van der Waals surface area (Å²) < 4.78 is 15.6. The maximum absolute atomic E-state index is 12.1. The van der Waals surface area contributed by atoms with E-state index < -0.39 is 23.6 Å². The van der Waals surface area contributed by atoms with Gasteiger partial charge in [0.25, 0.3) is 5.91 Å². The van der Waals surface area contributed by atoms with Gasteiger partial charge in [0.05, 0.1) is 0 Å². The summed E-state index contributed by atoms with van der Waals surface area (Å²) in [7, 11) is 0. The van der Waals surface area contributed by atoms with Gasteiger partial charge in [0.15, 0.2) is 12.7 Å². The van der Waals surface area contributed by atoms with E-state index in [1.165, 1.54) is 19.1 Å². The summed E-state index contributed by atoms with van der Waals surface area (Å²) in [5.74, 6) is -0.788. The Morgan fingerprint density at radius 3 is 2.61 bits per heavy atom. The first-order chi connectivity index (χ1) is 13.4. The van der Waals surface area contributed by atoms with Crippen LogP contribution in [0.5, 0.6) is 5.75 Å². The first kappa shape index (κ1) is 19.2. The molecule has 2 aromatic carbocycles. The molecule has 1 aromatic heterocycles. The predicted octanol–water partition coefficient (Wildman–Crippen LogP) is 3.05. The molecule has 0 radical (unpaired) electrons. The van der Waals surface area contributed by atoms with Gasteiger partial charge in [-0.2, -0.15) is 0 Å². The van der Waals surface area contributed by atoms with Crippen molar-refractivity contribution in [3.63, 3.8) is 0 Å². The molecule has 144 valence electrons. The highest BCUT2D eigenvalue weighted by molar-refractivity contribution is 5.95. The van der Waals surface area contributed by atoms with E-state index in [-0.39, 0.29) is 6.61 Å². The zero-order chi connectivity index (χ0) is 20.1. The summed E-state index contributed by atoms with van der Waals surface area (Å²) >= 11 is 0. The van der Waals surface area contributed by atoms with Crippen molar-refractivity contribution < 1.29 is 23.5 Å². The van der Waals surface area contributed by atoms with Crippen LogP contribution in [-0.2, 0) is 14.3 Å². The van der Waals surface area contributed by atoms with E-state index in [1.54, 1.807) is 43.3 Å². The Morgan fingerprint density at radius 2 is 1.86 bits per heavy atom. The molecule has 1 N–H and O–H groups in total. The molecule has 0 fully saturated rings. The number of fused-ring (bicyclic) bond motifs is 1. The lowest BCUT2D eigenvalue weighted by Gasteiger charge is -2.14. The van der Waals surface area contributed by atoms with Crippen molar-refractivity contribution in [3.05, 3.63) is 70.6 Å². The minimum Gasteiger partial charge on any atom is -0.482 e. The fraction of sp³-hybridized carbons (Fsp3) is 0.190. The van der Waals surface area contributed by atoms with Crippen molar-refractivity contribution in [1.29, 1.82) is 0 Å². The Hall–Kier alpha value is -3.61. The van der Waals surface area contributed by atoms with E-state index in [2.05, 4.69) is 5.32 Å². The van der Waals surface area contributed by atoms with Crippen molar-refractivity contribution in [2.45, 2.75) is 20.0 Å². The van der Waals surface area contributed by atoms with Crippen LogP contribution in [0.3, 0.4) is 0 Å². The summed E-state index contributed by atoms with van der Waals surface area (Å²) in [6.45, 7) is 2.90. The average Bonchev–Trinajstić information content (AvgIpc) is 2.66. The summed E-state index contributed by atoms with van der Waals surface area (Å²) in [5.41, 5.74) is 1.31. The van der Waals surface area contributed by atoms with Crippen LogP contribution in [-0.4, -0.2) is 24.6 Å². The molecule has 0 aliphatic heterocycles. The standard InChI is InChI=1S/C21H19NO6/c1-13-10-19(23)28-18-11-16(8-9-17(13)18)26-12-20(24)27-14(2)21(25)22-15-6-4-3-5-7-15/h3-11,14H,12H2,1-2H3,(H,22,25)/t14-/m1/s1. The second kappa shape index (κ2) is 8.39. The fourth-order valence-electron chi connectivity index (χ4n) is 2.59. The number of esters is 1. The molecule has 0 spiro atoms. The minimum absolute atomic E-state index is 0.347. The SMILES string of the molecule is Cc1cc(=O)oc2cc(OCC(=O)O[C@H](C)C(=O)Nc3ccccc3)ccc12.